The van der Waals surface area contributed by atoms with E-state index < -0.39 is 6.10 Å². The van der Waals surface area contributed by atoms with Gasteiger partial charge in [0.1, 0.15) is 6.07 Å². The van der Waals surface area contributed by atoms with E-state index in [1.807, 2.05) is 45.0 Å². The zero-order valence-corrected chi connectivity index (χ0v) is 13.9. The number of hydrogen-bond donors (Lipinski definition) is 0. The number of ether oxygens (including phenoxy) is 1. The third-order valence-electron chi connectivity index (χ3n) is 4.37. The molecule has 0 aliphatic heterocycles. The van der Waals surface area contributed by atoms with Crippen molar-refractivity contribution in [1.29, 1.82) is 5.26 Å². The summed E-state index contributed by atoms with van der Waals surface area (Å²) >= 11 is 0. The van der Waals surface area contributed by atoms with Crippen LogP contribution >= 0.6 is 0 Å². The molecular weight excluding hydrogens is 274 g/mol. The summed E-state index contributed by atoms with van der Waals surface area (Å²) in [6.45, 7) is 10.1. The molecule has 1 aliphatic rings. The fraction of sp³-hybridized carbons (Fsp3) is 0.474. The molecule has 116 valence electrons. The number of nitrogens with zero attached hydrogens (tertiary/aromatic N) is 1. The first-order valence-electron chi connectivity index (χ1n) is 7.59. The van der Waals surface area contributed by atoms with Crippen molar-refractivity contribution >= 4 is 5.97 Å². The van der Waals surface area contributed by atoms with Gasteiger partial charge in [-0.2, -0.15) is 5.26 Å². The molecule has 0 N–H and O–H groups in total. The van der Waals surface area contributed by atoms with Crippen LogP contribution in [0.5, 0.6) is 0 Å². The number of allylic oxidation sites excluding steroid dienone is 2. The van der Waals surface area contributed by atoms with Crippen molar-refractivity contribution in [3.05, 3.63) is 47.0 Å². The second-order valence-electron chi connectivity index (χ2n) is 6.93. The minimum Gasteiger partial charge on any atom is -0.442 e. The van der Waals surface area contributed by atoms with Crippen LogP contribution in [0.15, 0.2) is 35.9 Å². The summed E-state index contributed by atoms with van der Waals surface area (Å²) in [6, 6.07) is 9.61. The van der Waals surface area contributed by atoms with E-state index in [4.69, 9.17) is 4.74 Å². The molecule has 3 unspecified atom stereocenters. The molecule has 0 bridgehead atoms. The Kier molecular flexibility index (Phi) is 4.42. The maximum Gasteiger partial charge on any atom is 0.311 e. The summed E-state index contributed by atoms with van der Waals surface area (Å²) in [5.74, 6) is -0.245. The van der Waals surface area contributed by atoms with Crippen LogP contribution in [0.2, 0.25) is 0 Å². The van der Waals surface area contributed by atoms with Gasteiger partial charge in [-0.1, -0.05) is 55.3 Å². The molecule has 1 aromatic rings. The summed E-state index contributed by atoms with van der Waals surface area (Å²) in [6.07, 6.45) is 1.29. The van der Waals surface area contributed by atoms with Gasteiger partial charge in [0.15, 0.2) is 0 Å². The van der Waals surface area contributed by atoms with Gasteiger partial charge in [-0.25, -0.2) is 0 Å². The molecule has 0 spiro atoms. The number of hydrogen-bond acceptors (Lipinski definition) is 3. The van der Waals surface area contributed by atoms with Crippen molar-refractivity contribution in [1.82, 2.24) is 0 Å². The van der Waals surface area contributed by atoms with Gasteiger partial charge in [-0.3, -0.25) is 4.79 Å². The Hall–Kier alpha value is -2.08. The smallest absolute Gasteiger partial charge is 0.311 e. The highest BCUT2D eigenvalue weighted by Gasteiger charge is 2.61. The van der Waals surface area contributed by atoms with Crippen molar-refractivity contribution in [2.75, 3.05) is 0 Å². The van der Waals surface area contributed by atoms with Crippen LogP contribution < -0.4 is 0 Å². The van der Waals surface area contributed by atoms with Crippen LogP contribution in [-0.2, 0) is 9.53 Å². The molecule has 1 saturated carbocycles. The molecule has 1 aliphatic carbocycles. The molecule has 1 aromatic carbocycles. The van der Waals surface area contributed by atoms with Gasteiger partial charge >= 0.3 is 5.97 Å². The standard InChI is InChI=1S/C19H23NO2/c1-12(2)9-15-17(19(15,4)5)18(21)22-16(11-20)14-8-6-7-13(3)10-14/h6-10,15-17H,1-5H3. The van der Waals surface area contributed by atoms with Gasteiger partial charge in [-0.15, -0.1) is 0 Å². The van der Waals surface area contributed by atoms with Crippen LogP contribution in [-0.4, -0.2) is 5.97 Å². The molecule has 0 radical (unpaired) electrons. The van der Waals surface area contributed by atoms with Gasteiger partial charge in [0.2, 0.25) is 6.10 Å². The van der Waals surface area contributed by atoms with Crippen molar-refractivity contribution in [2.24, 2.45) is 17.3 Å². The van der Waals surface area contributed by atoms with Gasteiger partial charge in [-0.05, 0) is 32.1 Å². The van der Waals surface area contributed by atoms with E-state index in [0.717, 1.165) is 11.1 Å². The third-order valence-corrected chi connectivity index (χ3v) is 4.37. The zero-order chi connectivity index (χ0) is 16.5. The monoisotopic (exact) mass is 297 g/mol. The second kappa shape index (κ2) is 5.96. The van der Waals surface area contributed by atoms with E-state index >= 15 is 0 Å². The number of carbonyl (C=O) groups excluding carboxylic acids is 1. The maximum atomic E-state index is 12.4. The number of benzene rings is 1. The predicted molar refractivity (Wildman–Crippen MR) is 85.8 cm³/mol. The Morgan fingerprint density at radius 2 is 2.09 bits per heavy atom. The fourth-order valence-electron chi connectivity index (χ4n) is 2.99. The largest absolute Gasteiger partial charge is 0.442 e. The van der Waals surface area contributed by atoms with Crippen molar-refractivity contribution < 1.29 is 9.53 Å². The molecular formula is C19H23NO2. The molecule has 0 aromatic heterocycles. The van der Waals surface area contributed by atoms with E-state index in [2.05, 4.69) is 26.0 Å². The van der Waals surface area contributed by atoms with Crippen molar-refractivity contribution in [3.8, 4) is 6.07 Å². The summed E-state index contributed by atoms with van der Waals surface area (Å²) in [4.78, 5) is 12.4. The average Bonchev–Trinajstić information content (AvgIpc) is 2.96. The van der Waals surface area contributed by atoms with Gasteiger partial charge < -0.3 is 4.74 Å². The lowest BCUT2D eigenvalue weighted by atomic mass is 10.1. The van der Waals surface area contributed by atoms with Gasteiger partial charge in [0.25, 0.3) is 0 Å². The molecule has 22 heavy (non-hydrogen) atoms. The van der Waals surface area contributed by atoms with Gasteiger partial charge in [0, 0.05) is 5.56 Å². The van der Waals surface area contributed by atoms with Crippen LogP contribution in [0.1, 0.15) is 44.9 Å². The molecule has 0 amide bonds. The number of esters is 1. The lowest BCUT2D eigenvalue weighted by Crippen LogP contribution is -2.14. The summed E-state index contributed by atoms with van der Waals surface area (Å²) < 4.78 is 5.48. The zero-order valence-electron chi connectivity index (χ0n) is 13.9. The number of rotatable bonds is 4. The van der Waals surface area contributed by atoms with Crippen molar-refractivity contribution in [3.63, 3.8) is 0 Å². The number of aryl methyl sites for hydroxylation is 1. The Labute approximate surface area is 132 Å². The van der Waals surface area contributed by atoms with E-state index in [0.29, 0.717) is 0 Å². The third kappa shape index (κ3) is 3.22. The normalized spacial score (nSPS) is 23.1. The molecule has 3 heteroatoms. The Morgan fingerprint density at radius 1 is 1.41 bits per heavy atom. The Bertz CT molecular complexity index is 648. The highest BCUT2D eigenvalue weighted by Crippen LogP contribution is 2.60. The lowest BCUT2D eigenvalue weighted by Gasteiger charge is -2.12. The van der Waals surface area contributed by atoms with E-state index in [1.54, 1.807) is 0 Å². The van der Waals surface area contributed by atoms with Gasteiger partial charge in [0.05, 0.1) is 5.92 Å². The van der Waals surface area contributed by atoms with Crippen LogP contribution in [0.3, 0.4) is 0 Å². The van der Waals surface area contributed by atoms with Crippen LogP contribution in [0.25, 0.3) is 0 Å². The van der Waals surface area contributed by atoms with E-state index in [-0.39, 0.29) is 23.2 Å². The topological polar surface area (TPSA) is 50.1 Å². The molecule has 3 atom stereocenters. The molecule has 0 saturated heterocycles. The molecule has 1 fully saturated rings. The van der Waals surface area contributed by atoms with Crippen molar-refractivity contribution in [2.45, 2.75) is 40.7 Å². The quantitative estimate of drug-likeness (QED) is 0.613. The second-order valence-corrected chi connectivity index (χ2v) is 6.93. The van der Waals surface area contributed by atoms with Crippen LogP contribution in [0, 0.1) is 35.5 Å². The van der Waals surface area contributed by atoms with E-state index in [1.165, 1.54) is 5.57 Å². The minimum atomic E-state index is -0.837. The highest BCUT2D eigenvalue weighted by molar-refractivity contribution is 5.78. The molecule has 3 nitrogen and oxygen atoms in total. The maximum absolute atomic E-state index is 12.4. The Morgan fingerprint density at radius 3 is 2.64 bits per heavy atom. The first kappa shape index (κ1) is 16.3. The first-order valence-corrected chi connectivity index (χ1v) is 7.59. The lowest BCUT2D eigenvalue weighted by molar-refractivity contribution is -0.149. The Balaban J connectivity index is 2.12. The number of carbonyl (C=O) groups is 1. The summed E-state index contributed by atoms with van der Waals surface area (Å²) in [7, 11) is 0. The minimum absolute atomic E-state index is 0.0963. The molecule has 0 heterocycles. The molecule has 2 rings (SSSR count). The summed E-state index contributed by atoms with van der Waals surface area (Å²) in [5, 5.41) is 9.32. The fourth-order valence-corrected chi connectivity index (χ4v) is 2.99. The highest BCUT2D eigenvalue weighted by atomic mass is 16.5. The predicted octanol–water partition coefficient (Wildman–Crippen LogP) is 4.34. The first-order chi connectivity index (χ1) is 10.3. The number of nitriles is 1. The average molecular weight is 297 g/mol. The van der Waals surface area contributed by atoms with Crippen LogP contribution in [0.4, 0.5) is 0 Å². The van der Waals surface area contributed by atoms with E-state index in [9.17, 15) is 10.1 Å². The SMILES string of the molecule is CC(C)=CC1C(C(=O)OC(C#N)c2cccc(C)c2)C1(C)C. The summed E-state index contributed by atoms with van der Waals surface area (Å²) in [5.41, 5.74) is 2.88.